The van der Waals surface area contributed by atoms with Gasteiger partial charge in [0.2, 0.25) is 17.7 Å². The van der Waals surface area contributed by atoms with Gasteiger partial charge in [-0.15, -0.1) is 0 Å². The molecule has 3 N–H and O–H groups in total. The number of piperidine rings is 1. The maximum Gasteiger partial charge on any atom is 0.292 e. The minimum atomic E-state index is -1.23. The first kappa shape index (κ1) is 18.8. The normalized spacial score (nSPS) is 17.6. The van der Waals surface area contributed by atoms with E-state index < -0.39 is 28.3 Å². The van der Waals surface area contributed by atoms with E-state index in [1.54, 1.807) is 13.8 Å². The quantitative estimate of drug-likeness (QED) is 0.381. The molecule has 25 heavy (non-hydrogen) atoms. The summed E-state index contributed by atoms with van der Waals surface area (Å²) in [6.45, 7) is 3.08. The number of nitro benzene ring substituents is 1. The van der Waals surface area contributed by atoms with Gasteiger partial charge in [0.05, 0.1) is 4.92 Å². The second-order valence-corrected chi connectivity index (χ2v) is 7.06. The first-order chi connectivity index (χ1) is 11.6. The molecule has 2 rings (SSSR count). The average Bonchev–Trinajstić information content (AvgIpc) is 2.49. The number of hydrogen-bond donors (Lipinski definition) is 3. The molecule has 3 amide bonds. The van der Waals surface area contributed by atoms with E-state index in [9.17, 15) is 24.5 Å². The Morgan fingerprint density at radius 3 is 2.68 bits per heavy atom. The van der Waals surface area contributed by atoms with Gasteiger partial charge < -0.3 is 10.6 Å². The molecule has 0 bridgehead atoms. The fourth-order valence-electron chi connectivity index (χ4n) is 2.33. The highest BCUT2D eigenvalue weighted by Gasteiger charge is 2.35. The van der Waals surface area contributed by atoms with Crippen molar-refractivity contribution in [3.8, 4) is 0 Å². The predicted octanol–water partition coefficient (Wildman–Crippen LogP) is 1.47. The molecule has 9 nitrogen and oxygen atoms in total. The molecule has 134 valence electrons. The van der Waals surface area contributed by atoms with Crippen molar-refractivity contribution in [2.45, 2.75) is 38.3 Å². The van der Waals surface area contributed by atoms with Crippen LogP contribution in [-0.2, 0) is 14.4 Å². The lowest BCUT2D eigenvalue weighted by atomic mass is 10.0. The number of carbonyl (C=O) groups is 3. The van der Waals surface area contributed by atoms with Gasteiger partial charge in [0, 0.05) is 17.0 Å². The molecule has 10 heteroatoms. The number of anilines is 1. The van der Waals surface area contributed by atoms with Gasteiger partial charge in [-0.2, -0.15) is 0 Å². The molecule has 1 aliphatic heterocycles. The summed E-state index contributed by atoms with van der Waals surface area (Å²) in [6, 6.07) is 3.53. The second-order valence-electron chi connectivity index (χ2n) is 6.15. The number of halogens is 1. The Kier molecular flexibility index (Phi) is 5.41. The van der Waals surface area contributed by atoms with Gasteiger partial charge in [0.25, 0.3) is 5.69 Å². The van der Waals surface area contributed by atoms with E-state index >= 15 is 0 Å². The van der Waals surface area contributed by atoms with Gasteiger partial charge in [0.1, 0.15) is 17.3 Å². The molecule has 0 aliphatic carbocycles. The number of rotatable bonds is 5. The van der Waals surface area contributed by atoms with Crippen LogP contribution in [0.15, 0.2) is 22.7 Å². The lowest BCUT2D eigenvalue weighted by molar-refractivity contribution is -0.384. The van der Waals surface area contributed by atoms with Gasteiger partial charge in [0.15, 0.2) is 0 Å². The largest absolute Gasteiger partial charge is 0.366 e. The molecule has 0 saturated carbocycles. The van der Waals surface area contributed by atoms with Crippen molar-refractivity contribution >= 4 is 45.0 Å². The summed E-state index contributed by atoms with van der Waals surface area (Å²) >= 11 is 3.24. The Balaban J connectivity index is 2.14. The summed E-state index contributed by atoms with van der Waals surface area (Å²) in [5, 5.41) is 18.7. The molecule has 1 aromatic rings. The molecule has 1 atom stereocenters. The highest BCUT2D eigenvalue weighted by Crippen LogP contribution is 2.30. The number of carbonyl (C=O) groups excluding carboxylic acids is 3. The van der Waals surface area contributed by atoms with E-state index in [4.69, 9.17) is 0 Å². The van der Waals surface area contributed by atoms with Crippen molar-refractivity contribution in [3.05, 3.63) is 32.8 Å². The molecule has 0 spiro atoms. The Morgan fingerprint density at radius 1 is 1.40 bits per heavy atom. The molecule has 0 radical (unpaired) electrons. The van der Waals surface area contributed by atoms with Crippen LogP contribution in [0.3, 0.4) is 0 Å². The zero-order valence-corrected chi connectivity index (χ0v) is 15.2. The summed E-state index contributed by atoms with van der Waals surface area (Å²) < 4.78 is 0.613. The number of nitro groups is 1. The van der Waals surface area contributed by atoms with Gasteiger partial charge >= 0.3 is 0 Å². The molecule has 1 fully saturated rings. The van der Waals surface area contributed by atoms with E-state index in [0.717, 1.165) is 0 Å². The van der Waals surface area contributed by atoms with Crippen molar-refractivity contribution in [1.82, 2.24) is 10.6 Å². The first-order valence-electron chi connectivity index (χ1n) is 7.47. The second kappa shape index (κ2) is 7.18. The summed E-state index contributed by atoms with van der Waals surface area (Å²) in [5.41, 5.74) is -1.24. The highest BCUT2D eigenvalue weighted by molar-refractivity contribution is 9.10. The van der Waals surface area contributed by atoms with Gasteiger partial charge in [-0.1, -0.05) is 15.9 Å². The van der Waals surface area contributed by atoms with E-state index in [0.29, 0.717) is 4.47 Å². The van der Waals surface area contributed by atoms with Crippen LogP contribution in [0.2, 0.25) is 0 Å². The average molecular weight is 413 g/mol. The monoisotopic (exact) mass is 412 g/mol. The molecular formula is C15H17BrN4O5. The Morgan fingerprint density at radius 2 is 2.08 bits per heavy atom. The number of amides is 3. The molecule has 0 unspecified atom stereocenters. The van der Waals surface area contributed by atoms with Crippen LogP contribution in [0.4, 0.5) is 11.4 Å². The molecule has 1 heterocycles. The summed E-state index contributed by atoms with van der Waals surface area (Å²) in [5.74, 6) is -1.46. The third kappa shape index (κ3) is 4.53. The van der Waals surface area contributed by atoms with Crippen molar-refractivity contribution in [2.24, 2.45) is 0 Å². The summed E-state index contributed by atoms with van der Waals surface area (Å²) in [4.78, 5) is 46.0. The highest BCUT2D eigenvalue weighted by atomic mass is 79.9. The topological polar surface area (TPSA) is 130 Å². The van der Waals surface area contributed by atoms with Crippen LogP contribution in [0.25, 0.3) is 0 Å². The minimum Gasteiger partial charge on any atom is -0.366 e. The van der Waals surface area contributed by atoms with Crippen molar-refractivity contribution in [1.29, 1.82) is 0 Å². The molecule has 1 aromatic carbocycles. The van der Waals surface area contributed by atoms with Gasteiger partial charge in [-0.25, -0.2) is 0 Å². The van der Waals surface area contributed by atoms with Gasteiger partial charge in [-0.05, 0) is 32.4 Å². The third-order valence-corrected chi connectivity index (χ3v) is 4.21. The van der Waals surface area contributed by atoms with Crippen LogP contribution >= 0.6 is 15.9 Å². The molecule has 1 saturated heterocycles. The maximum absolute atomic E-state index is 12.5. The lowest BCUT2D eigenvalue weighted by Gasteiger charge is -2.29. The minimum absolute atomic E-state index is 0.141. The lowest BCUT2D eigenvalue weighted by Crippen LogP contribution is -2.57. The predicted molar refractivity (Wildman–Crippen MR) is 92.8 cm³/mol. The van der Waals surface area contributed by atoms with Gasteiger partial charge in [-0.3, -0.25) is 29.8 Å². The van der Waals surface area contributed by atoms with Crippen molar-refractivity contribution in [3.63, 3.8) is 0 Å². The first-order valence-corrected chi connectivity index (χ1v) is 8.26. The third-order valence-electron chi connectivity index (χ3n) is 3.71. The number of imide groups is 1. The number of nitrogens with zero attached hydrogens (tertiary/aromatic N) is 1. The summed E-state index contributed by atoms with van der Waals surface area (Å²) in [7, 11) is 0. The fraction of sp³-hybridized carbons (Fsp3) is 0.400. The van der Waals surface area contributed by atoms with E-state index in [-0.39, 0.29) is 30.1 Å². The van der Waals surface area contributed by atoms with Crippen molar-refractivity contribution in [2.75, 3.05) is 5.32 Å². The van der Waals surface area contributed by atoms with Crippen LogP contribution in [-0.4, -0.2) is 34.2 Å². The Labute approximate surface area is 151 Å². The number of hydrogen-bond acceptors (Lipinski definition) is 6. The Hall–Kier alpha value is -2.49. The number of nitrogens with one attached hydrogen (secondary N) is 3. The standard InChI is InChI=1S/C15H17BrN4O5/c1-15(2,14(23)17-9-4-6-12(21)18-13(9)22)19-10-7-8(16)3-5-11(10)20(24)25/h3,5,7,9,19H,4,6H2,1-2H3,(H,17,23)(H,18,21,22)/t9-/m1/s1. The van der Waals surface area contributed by atoms with Crippen LogP contribution in [0, 0.1) is 10.1 Å². The molecule has 1 aliphatic rings. The fourth-order valence-corrected chi connectivity index (χ4v) is 2.69. The zero-order valence-electron chi connectivity index (χ0n) is 13.6. The summed E-state index contributed by atoms with van der Waals surface area (Å²) in [6.07, 6.45) is 0.352. The molecular weight excluding hydrogens is 396 g/mol. The van der Waals surface area contributed by atoms with Crippen molar-refractivity contribution < 1.29 is 19.3 Å². The van der Waals surface area contributed by atoms with Crippen LogP contribution < -0.4 is 16.0 Å². The van der Waals surface area contributed by atoms with Crippen LogP contribution in [0.1, 0.15) is 26.7 Å². The van der Waals surface area contributed by atoms with E-state index in [2.05, 4.69) is 31.9 Å². The van der Waals surface area contributed by atoms with E-state index in [1.807, 2.05) is 0 Å². The smallest absolute Gasteiger partial charge is 0.292 e. The molecule has 0 aromatic heterocycles. The zero-order chi connectivity index (χ0) is 18.8. The van der Waals surface area contributed by atoms with E-state index in [1.165, 1.54) is 18.2 Å². The SMILES string of the molecule is CC(C)(Nc1cc(Br)ccc1[N+](=O)[O-])C(=O)N[C@@H]1CCC(=O)NC1=O. The number of benzene rings is 1. The maximum atomic E-state index is 12.5. The Bertz CT molecular complexity index is 749. The van der Waals surface area contributed by atoms with Crippen LogP contribution in [0.5, 0.6) is 0 Å².